The average Bonchev–Trinajstić information content (AvgIpc) is 2.90. The van der Waals surface area contributed by atoms with E-state index >= 15 is 0 Å². The molecular formula is C16H17ClF3N3. The summed E-state index contributed by atoms with van der Waals surface area (Å²) in [4.78, 5) is 4.09. The maximum Gasteiger partial charge on any atom is 0.412 e. The van der Waals surface area contributed by atoms with Gasteiger partial charge in [-0.25, -0.2) is 9.50 Å². The Morgan fingerprint density at radius 3 is 2.52 bits per heavy atom. The number of imidazole rings is 1. The Morgan fingerprint density at radius 2 is 1.96 bits per heavy atom. The van der Waals surface area contributed by atoms with Crippen molar-refractivity contribution in [1.29, 1.82) is 0 Å². The van der Waals surface area contributed by atoms with Gasteiger partial charge in [-0.1, -0.05) is 44.2 Å². The van der Waals surface area contributed by atoms with Crippen LogP contribution in [0.4, 0.5) is 13.2 Å². The lowest BCUT2D eigenvalue weighted by Gasteiger charge is -2.08. The third kappa shape index (κ3) is 4.69. The third-order valence-electron chi connectivity index (χ3n) is 2.74. The smallest absolute Gasteiger partial charge is 0.235 e. The predicted molar refractivity (Wildman–Crippen MR) is 87.3 cm³/mol. The second-order valence-electron chi connectivity index (χ2n) is 4.25. The summed E-state index contributed by atoms with van der Waals surface area (Å²) in [6, 6.07) is 3.19. The van der Waals surface area contributed by atoms with Gasteiger partial charge in [0, 0.05) is 11.1 Å². The molecule has 0 unspecified atom stereocenters. The summed E-state index contributed by atoms with van der Waals surface area (Å²) in [5.41, 5.74) is 0.452. The van der Waals surface area contributed by atoms with Crippen molar-refractivity contribution in [3.05, 3.63) is 59.6 Å². The molecule has 124 valence electrons. The van der Waals surface area contributed by atoms with Crippen LogP contribution in [0.15, 0.2) is 48.7 Å². The molecule has 2 aromatic heterocycles. The van der Waals surface area contributed by atoms with Crippen LogP contribution in [0.25, 0.3) is 11.2 Å². The van der Waals surface area contributed by atoms with Gasteiger partial charge in [0.15, 0.2) is 5.65 Å². The zero-order valence-corrected chi connectivity index (χ0v) is 13.8. The van der Waals surface area contributed by atoms with Crippen molar-refractivity contribution in [2.75, 3.05) is 0 Å². The number of rotatable bonds is 3. The molecule has 2 heterocycles. The first-order valence-electron chi connectivity index (χ1n) is 6.92. The summed E-state index contributed by atoms with van der Waals surface area (Å²) in [5.74, 6) is 0. The molecule has 2 rings (SSSR count). The van der Waals surface area contributed by atoms with E-state index in [4.69, 9.17) is 11.6 Å². The Kier molecular flexibility index (Phi) is 6.57. The molecule has 0 spiro atoms. The molecule has 2 aromatic rings. The van der Waals surface area contributed by atoms with Crippen LogP contribution in [0.5, 0.6) is 0 Å². The highest BCUT2D eigenvalue weighted by Crippen LogP contribution is 2.28. The van der Waals surface area contributed by atoms with E-state index in [-0.39, 0.29) is 5.15 Å². The number of aromatic nitrogens is 3. The minimum atomic E-state index is -4.40. The Bertz CT molecular complexity index is 743. The van der Waals surface area contributed by atoms with Gasteiger partial charge in [0.1, 0.15) is 5.15 Å². The number of halogens is 4. The molecule has 0 fully saturated rings. The van der Waals surface area contributed by atoms with Gasteiger partial charge in [-0.15, -0.1) is 0 Å². The zero-order chi connectivity index (χ0) is 17.6. The van der Waals surface area contributed by atoms with E-state index in [1.165, 1.54) is 22.9 Å². The van der Waals surface area contributed by atoms with Crippen LogP contribution in [0.1, 0.15) is 26.5 Å². The SMILES string of the molecule is C=C/C=C(\C=C(/C)C(F)(F)F)c1cnc2ccc(Cl)nn12.CC. The monoisotopic (exact) mass is 343 g/mol. The van der Waals surface area contributed by atoms with E-state index in [1.807, 2.05) is 13.8 Å². The van der Waals surface area contributed by atoms with Crippen molar-refractivity contribution >= 4 is 22.8 Å². The van der Waals surface area contributed by atoms with Gasteiger partial charge in [0.25, 0.3) is 0 Å². The molecule has 0 atom stereocenters. The minimum absolute atomic E-state index is 0.219. The molecule has 0 saturated heterocycles. The largest absolute Gasteiger partial charge is 0.412 e. The molecule has 0 bridgehead atoms. The van der Waals surface area contributed by atoms with Gasteiger partial charge in [-0.3, -0.25) is 0 Å². The maximum atomic E-state index is 12.7. The maximum absolute atomic E-state index is 12.7. The number of hydrogen-bond acceptors (Lipinski definition) is 2. The summed E-state index contributed by atoms with van der Waals surface area (Å²) in [6.07, 6.45) is 0.925. The first-order valence-corrected chi connectivity index (χ1v) is 7.29. The first kappa shape index (κ1) is 19.0. The van der Waals surface area contributed by atoms with E-state index in [9.17, 15) is 13.2 Å². The van der Waals surface area contributed by atoms with Gasteiger partial charge >= 0.3 is 6.18 Å². The summed E-state index contributed by atoms with van der Waals surface area (Å²) >= 11 is 5.81. The van der Waals surface area contributed by atoms with Gasteiger partial charge in [-0.05, 0) is 25.1 Å². The number of nitrogens with zero attached hydrogens (tertiary/aromatic N) is 3. The minimum Gasteiger partial charge on any atom is -0.235 e. The molecule has 0 aliphatic carbocycles. The molecule has 0 aromatic carbocycles. The topological polar surface area (TPSA) is 30.2 Å². The van der Waals surface area contributed by atoms with E-state index in [0.29, 0.717) is 16.9 Å². The summed E-state index contributed by atoms with van der Waals surface area (Å²) < 4.78 is 39.5. The van der Waals surface area contributed by atoms with Gasteiger partial charge in [0.2, 0.25) is 0 Å². The van der Waals surface area contributed by atoms with E-state index in [1.54, 1.807) is 12.1 Å². The number of alkyl halides is 3. The Morgan fingerprint density at radius 1 is 1.30 bits per heavy atom. The van der Waals surface area contributed by atoms with Crippen molar-refractivity contribution in [2.45, 2.75) is 26.9 Å². The van der Waals surface area contributed by atoms with Crippen LogP contribution in [0.3, 0.4) is 0 Å². The van der Waals surface area contributed by atoms with Crippen molar-refractivity contribution < 1.29 is 13.2 Å². The van der Waals surface area contributed by atoms with Crippen molar-refractivity contribution in [3.8, 4) is 0 Å². The molecule has 0 aliphatic heterocycles. The van der Waals surface area contributed by atoms with Gasteiger partial charge in [-0.2, -0.15) is 18.3 Å². The number of allylic oxidation sites excluding steroid dienone is 5. The highest BCUT2D eigenvalue weighted by Gasteiger charge is 2.30. The summed E-state index contributed by atoms with van der Waals surface area (Å²) in [6.45, 7) is 8.51. The molecule has 0 saturated carbocycles. The number of hydrogen-bond donors (Lipinski definition) is 0. The Balaban J connectivity index is 0.00000127. The third-order valence-corrected chi connectivity index (χ3v) is 2.94. The standard InChI is InChI=1S/C14H11ClF3N3.C2H6/c1-3-4-10(7-9(2)14(16,17)18)11-8-19-13-6-5-12(15)20-21(11)13;1-2/h3-8H,1H2,2H3;1-2H3/b9-7+,10-4+;. The normalized spacial score (nSPS) is 12.8. The van der Waals surface area contributed by atoms with Crippen LogP contribution >= 0.6 is 11.6 Å². The fourth-order valence-electron chi connectivity index (χ4n) is 1.70. The Hall–Kier alpha value is -2.08. The van der Waals surface area contributed by atoms with Crippen molar-refractivity contribution in [3.63, 3.8) is 0 Å². The van der Waals surface area contributed by atoms with E-state index in [0.717, 1.165) is 13.0 Å². The van der Waals surface area contributed by atoms with Crippen LogP contribution in [0, 0.1) is 0 Å². The second kappa shape index (κ2) is 7.97. The van der Waals surface area contributed by atoms with Crippen LogP contribution in [-0.2, 0) is 0 Å². The Labute approximate surface area is 137 Å². The quantitative estimate of drug-likeness (QED) is 0.690. The highest BCUT2D eigenvalue weighted by atomic mass is 35.5. The van der Waals surface area contributed by atoms with Gasteiger partial charge < -0.3 is 0 Å². The molecule has 0 amide bonds. The highest BCUT2D eigenvalue weighted by molar-refractivity contribution is 6.29. The average molecular weight is 344 g/mol. The van der Waals surface area contributed by atoms with Crippen LogP contribution in [-0.4, -0.2) is 20.8 Å². The van der Waals surface area contributed by atoms with Crippen LogP contribution in [0.2, 0.25) is 5.15 Å². The molecule has 0 aliphatic rings. The molecular weight excluding hydrogens is 327 g/mol. The lowest BCUT2D eigenvalue weighted by atomic mass is 10.1. The molecule has 0 radical (unpaired) electrons. The summed E-state index contributed by atoms with van der Waals surface area (Å²) in [7, 11) is 0. The number of fused-ring (bicyclic) bond motifs is 1. The molecule has 23 heavy (non-hydrogen) atoms. The summed E-state index contributed by atoms with van der Waals surface area (Å²) in [5, 5.41) is 4.26. The molecule has 3 nitrogen and oxygen atoms in total. The first-order chi connectivity index (χ1) is 10.8. The van der Waals surface area contributed by atoms with Crippen LogP contribution < -0.4 is 0 Å². The molecule has 0 N–H and O–H groups in total. The van der Waals surface area contributed by atoms with E-state index < -0.39 is 11.7 Å². The fraction of sp³-hybridized carbons (Fsp3) is 0.250. The zero-order valence-electron chi connectivity index (χ0n) is 13.0. The van der Waals surface area contributed by atoms with E-state index in [2.05, 4.69) is 16.7 Å². The lowest BCUT2D eigenvalue weighted by Crippen LogP contribution is -2.09. The predicted octanol–water partition coefficient (Wildman–Crippen LogP) is 5.49. The second-order valence-corrected chi connectivity index (χ2v) is 4.64. The van der Waals surface area contributed by atoms with Crippen molar-refractivity contribution in [1.82, 2.24) is 14.6 Å². The van der Waals surface area contributed by atoms with Crippen molar-refractivity contribution in [2.24, 2.45) is 0 Å². The lowest BCUT2D eigenvalue weighted by molar-refractivity contribution is -0.0912. The molecule has 7 heteroatoms. The van der Waals surface area contributed by atoms with Gasteiger partial charge in [0.05, 0.1) is 11.9 Å². The fourth-order valence-corrected chi connectivity index (χ4v) is 1.84.